The van der Waals surface area contributed by atoms with Crippen molar-refractivity contribution >= 4 is 5.91 Å². The van der Waals surface area contributed by atoms with E-state index in [0.29, 0.717) is 25.3 Å². The zero-order chi connectivity index (χ0) is 14.7. The van der Waals surface area contributed by atoms with Crippen LogP contribution in [0.3, 0.4) is 0 Å². The lowest BCUT2D eigenvalue weighted by Gasteiger charge is -2.26. The number of aliphatic hydroxyl groups is 1. The summed E-state index contributed by atoms with van der Waals surface area (Å²) in [6, 6.07) is 5.69. The average Bonchev–Trinajstić information content (AvgIpc) is 2.85. The topological polar surface area (TPSA) is 58.6 Å². The largest absolute Gasteiger partial charge is 0.388 e. The summed E-state index contributed by atoms with van der Waals surface area (Å²) in [4.78, 5) is 12.3. The third-order valence-electron chi connectivity index (χ3n) is 4.60. The molecule has 1 aliphatic carbocycles. The van der Waals surface area contributed by atoms with Crippen molar-refractivity contribution in [1.82, 2.24) is 5.32 Å². The lowest BCUT2D eigenvalue weighted by atomic mass is 9.94. The van der Waals surface area contributed by atoms with Crippen LogP contribution in [0.25, 0.3) is 0 Å². The monoisotopic (exact) mass is 289 g/mol. The van der Waals surface area contributed by atoms with Crippen LogP contribution < -0.4 is 5.32 Å². The van der Waals surface area contributed by atoms with E-state index < -0.39 is 5.60 Å². The Bertz CT molecular complexity index is 519. The number of rotatable bonds is 3. The number of benzene rings is 1. The van der Waals surface area contributed by atoms with Gasteiger partial charge in [-0.15, -0.1) is 0 Å². The molecule has 4 nitrogen and oxygen atoms in total. The molecule has 0 aromatic heterocycles. The minimum Gasteiger partial charge on any atom is -0.388 e. The van der Waals surface area contributed by atoms with E-state index in [-0.39, 0.29) is 5.91 Å². The van der Waals surface area contributed by atoms with E-state index in [4.69, 9.17) is 4.74 Å². The number of fused-ring (bicyclic) bond motifs is 1. The first-order valence-electron chi connectivity index (χ1n) is 7.86. The molecule has 1 heterocycles. The highest BCUT2D eigenvalue weighted by molar-refractivity contribution is 5.94. The molecule has 1 aromatic rings. The molecule has 1 saturated carbocycles. The second-order valence-electron chi connectivity index (χ2n) is 6.30. The summed E-state index contributed by atoms with van der Waals surface area (Å²) in [6.07, 6.45) is 6.02. The molecule has 0 atom stereocenters. The molecule has 2 aliphatic rings. The number of nitrogens with one attached hydrogen (secondary N) is 1. The maximum atomic E-state index is 12.3. The van der Waals surface area contributed by atoms with Crippen LogP contribution in [0, 0.1) is 0 Å². The number of hydrogen-bond donors (Lipinski definition) is 2. The zero-order valence-electron chi connectivity index (χ0n) is 12.4. The highest BCUT2D eigenvalue weighted by Gasteiger charge is 2.28. The van der Waals surface area contributed by atoms with Crippen LogP contribution >= 0.6 is 0 Å². The molecule has 4 heteroatoms. The van der Waals surface area contributed by atoms with E-state index in [1.807, 2.05) is 18.2 Å². The molecule has 1 amide bonds. The van der Waals surface area contributed by atoms with E-state index in [1.54, 1.807) is 0 Å². The summed E-state index contributed by atoms with van der Waals surface area (Å²) < 4.78 is 5.36. The summed E-state index contributed by atoms with van der Waals surface area (Å²) in [7, 11) is 0. The van der Waals surface area contributed by atoms with E-state index in [2.05, 4.69) is 5.32 Å². The fraction of sp³-hybridized carbons (Fsp3) is 0.588. The number of hydrogen-bond acceptors (Lipinski definition) is 3. The van der Waals surface area contributed by atoms with Gasteiger partial charge in [-0.1, -0.05) is 31.7 Å². The Balaban J connectivity index is 1.61. The van der Waals surface area contributed by atoms with Gasteiger partial charge in [0.1, 0.15) is 0 Å². The molecule has 0 radical (unpaired) electrons. The first kappa shape index (κ1) is 14.5. The SMILES string of the molecule is O=C(NCC1(O)CCCCCC1)c1ccc2c(c1)COC2. The minimum atomic E-state index is -0.730. The van der Waals surface area contributed by atoms with Gasteiger partial charge in [0.15, 0.2) is 0 Å². The van der Waals surface area contributed by atoms with Crippen molar-refractivity contribution in [3.63, 3.8) is 0 Å². The van der Waals surface area contributed by atoms with E-state index in [9.17, 15) is 9.90 Å². The van der Waals surface area contributed by atoms with Crippen molar-refractivity contribution < 1.29 is 14.6 Å². The highest BCUT2D eigenvalue weighted by Crippen LogP contribution is 2.26. The molecule has 0 saturated heterocycles. The van der Waals surface area contributed by atoms with Crippen molar-refractivity contribution in [2.75, 3.05) is 6.54 Å². The third-order valence-corrected chi connectivity index (χ3v) is 4.60. The van der Waals surface area contributed by atoms with Gasteiger partial charge < -0.3 is 15.2 Å². The van der Waals surface area contributed by atoms with Crippen molar-refractivity contribution in [2.24, 2.45) is 0 Å². The maximum absolute atomic E-state index is 12.3. The predicted molar refractivity (Wildman–Crippen MR) is 79.9 cm³/mol. The molecular weight excluding hydrogens is 266 g/mol. The maximum Gasteiger partial charge on any atom is 0.251 e. The van der Waals surface area contributed by atoms with Gasteiger partial charge in [0.2, 0.25) is 0 Å². The van der Waals surface area contributed by atoms with Crippen LogP contribution in [0.1, 0.15) is 60.0 Å². The van der Waals surface area contributed by atoms with E-state index in [1.165, 1.54) is 12.8 Å². The summed E-state index contributed by atoms with van der Waals surface area (Å²) in [5.74, 6) is -0.109. The number of ether oxygens (including phenoxy) is 1. The van der Waals surface area contributed by atoms with Crippen LogP contribution in [0.15, 0.2) is 18.2 Å². The smallest absolute Gasteiger partial charge is 0.251 e. The zero-order valence-corrected chi connectivity index (χ0v) is 12.4. The van der Waals surface area contributed by atoms with Gasteiger partial charge in [-0.3, -0.25) is 4.79 Å². The fourth-order valence-corrected chi connectivity index (χ4v) is 3.22. The Kier molecular flexibility index (Phi) is 4.27. The first-order chi connectivity index (χ1) is 10.2. The average molecular weight is 289 g/mol. The second kappa shape index (κ2) is 6.16. The van der Waals surface area contributed by atoms with Gasteiger partial charge in [-0.05, 0) is 36.1 Å². The number of carbonyl (C=O) groups excluding carboxylic acids is 1. The molecule has 114 valence electrons. The number of amides is 1. The van der Waals surface area contributed by atoms with E-state index >= 15 is 0 Å². The standard InChI is InChI=1S/C17H23NO3/c19-16(13-5-6-14-10-21-11-15(14)9-13)18-12-17(20)7-3-1-2-4-8-17/h5-6,9,20H,1-4,7-8,10-12H2,(H,18,19). The molecule has 2 N–H and O–H groups in total. The van der Waals surface area contributed by atoms with Crippen LogP contribution in [0.4, 0.5) is 0 Å². The predicted octanol–water partition coefficient (Wildman–Crippen LogP) is 2.53. The molecular formula is C17H23NO3. The normalized spacial score (nSPS) is 20.6. The summed E-state index contributed by atoms with van der Waals surface area (Å²) in [6.45, 7) is 1.57. The van der Waals surface area contributed by atoms with Crippen LogP contribution in [0.5, 0.6) is 0 Å². The van der Waals surface area contributed by atoms with Gasteiger partial charge in [0.25, 0.3) is 5.91 Å². The number of carbonyl (C=O) groups is 1. The highest BCUT2D eigenvalue weighted by atomic mass is 16.5. The van der Waals surface area contributed by atoms with Crippen molar-refractivity contribution in [3.05, 3.63) is 34.9 Å². The van der Waals surface area contributed by atoms with E-state index in [0.717, 1.165) is 36.8 Å². The minimum absolute atomic E-state index is 0.109. The summed E-state index contributed by atoms with van der Waals surface area (Å²) >= 11 is 0. The lowest BCUT2D eigenvalue weighted by Crippen LogP contribution is -2.42. The van der Waals surface area contributed by atoms with Gasteiger partial charge in [0.05, 0.1) is 18.8 Å². The molecule has 21 heavy (non-hydrogen) atoms. The van der Waals surface area contributed by atoms with Gasteiger partial charge >= 0.3 is 0 Å². The van der Waals surface area contributed by atoms with Crippen molar-refractivity contribution in [2.45, 2.75) is 57.3 Å². The Hall–Kier alpha value is -1.39. The van der Waals surface area contributed by atoms with Crippen LogP contribution in [-0.2, 0) is 18.0 Å². The first-order valence-corrected chi connectivity index (χ1v) is 7.86. The quantitative estimate of drug-likeness (QED) is 0.841. The molecule has 1 aromatic carbocycles. The molecule has 0 bridgehead atoms. The van der Waals surface area contributed by atoms with Crippen LogP contribution in [-0.4, -0.2) is 23.2 Å². The Morgan fingerprint density at radius 1 is 1.14 bits per heavy atom. The molecule has 1 aliphatic heterocycles. The molecule has 3 rings (SSSR count). The van der Waals surface area contributed by atoms with Crippen molar-refractivity contribution in [1.29, 1.82) is 0 Å². The Morgan fingerprint density at radius 3 is 2.62 bits per heavy atom. The summed E-state index contributed by atoms with van der Waals surface area (Å²) in [5, 5.41) is 13.5. The molecule has 0 spiro atoms. The van der Waals surface area contributed by atoms with Gasteiger partial charge in [-0.25, -0.2) is 0 Å². The molecule has 1 fully saturated rings. The van der Waals surface area contributed by atoms with Gasteiger partial charge in [0, 0.05) is 12.1 Å². The van der Waals surface area contributed by atoms with Crippen molar-refractivity contribution in [3.8, 4) is 0 Å². The second-order valence-corrected chi connectivity index (χ2v) is 6.30. The lowest BCUT2D eigenvalue weighted by molar-refractivity contribution is 0.0246. The Labute approximate surface area is 125 Å². The molecule has 0 unspecified atom stereocenters. The summed E-state index contributed by atoms with van der Waals surface area (Å²) in [5.41, 5.74) is 2.17. The Morgan fingerprint density at radius 2 is 1.86 bits per heavy atom. The van der Waals surface area contributed by atoms with Crippen LogP contribution in [0.2, 0.25) is 0 Å². The fourth-order valence-electron chi connectivity index (χ4n) is 3.22. The van der Waals surface area contributed by atoms with Gasteiger partial charge in [-0.2, -0.15) is 0 Å². The third kappa shape index (κ3) is 3.44.